The zero-order valence-electron chi connectivity index (χ0n) is 12.3. The van der Waals surface area contributed by atoms with Gasteiger partial charge in [0.05, 0.1) is 12.2 Å². The molecule has 3 aromatic rings. The molecule has 0 N–H and O–H groups in total. The molecular formula is C16H14FN5O. The van der Waals surface area contributed by atoms with Gasteiger partial charge in [-0.2, -0.15) is 0 Å². The first-order chi connectivity index (χ1) is 11.3. The average molecular weight is 311 g/mol. The van der Waals surface area contributed by atoms with Gasteiger partial charge in [-0.3, -0.25) is 4.90 Å². The van der Waals surface area contributed by atoms with Gasteiger partial charge in [-0.25, -0.2) is 14.4 Å². The van der Waals surface area contributed by atoms with Crippen LogP contribution < -0.4 is 0 Å². The van der Waals surface area contributed by atoms with Crippen molar-refractivity contribution in [2.75, 3.05) is 6.54 Å². The number of nitrogens with zero attached hydrogens (tertiary/aromatic N) is 5. The summed E-state index contributed by atoms with van der Waals surface area (Å²) in [5.41, 5.74) is 2.95. The van der Waals surface area contributed by atoms with Crippen LogP contribution in [0, 0.1) is 5.82 Å². The summed E-state index contributed by atoms with van der Waals surface area (Å²) >= 11 is 0. The van der Waals surface area contributed by atoms with E-state index in [0.29, 0.717) is 23.9 Å². The number of hydrogen-bond donors (Lipinski definition) is 0. The molecule has 1 aliphatic rings. The molecule has 6 nitrogen and oxygen atoms in total. The summed E-state index contributed by atoms with van der Waals surface area (Å²) in [5, 5.41) is 8.11. The van der Waals surface area contributed by atoms with Crippen LogP contribution in [0.2, 0.25) is 0 Å². The first-order valence-electron chi connectivity index (χ1n) is 7.36. The minimum atomic E-state index is -0.289. The zero-order valence-corrected chi connectivity index (χ0v) is 12.3. The Hall–Kier alpha value is -2.67. The van der Waals surface area contributed by atoms with E-state index in [4.69, 9.17) is 4.42 Å². The van der Waals surface area contributed by atoms with Crippen LogP contribution in [0.25, 0.3) is 11.5 Å². The van der Waals surface area contributed by atoms with Crippen molar-refractivity contribution in [2.45, 2.75) is 19.5 Å². The second-order valence-corrected chi connectivity index (χ2v) is 5.46. The topological polar surface area (TPSA) is 67.9 Å². The van der Waals surface area contributed by atoms with Gasteiger partial charge >= 0.3 is 0 Å². The molecule has 0 fully saturated rings. The maximum Gasteiger partial charge on any atom is 0.247 e. The molecule has 23 heavy (non-hydrogen) atoms. The molecule has 116 valence electrons. The highest BCUT2D eigenvalue weighted by Crippen LogP contribution is 2.21. The van der Waals surface area contributed by atoms with Gasteiger partial charge in [0.15, 0.2) is 0 Å². The van der Waals surface area contributed by atoms with Gasteiger partial charge in [0.1, 0.15) is 12.1 Å². The highest BCUT2D eigenvalue weighted by atomic mass is 19.1. The Morgan fingerprint density at radius 1 is 1.17 bits per heavy atom. The smallest absolute Gasteiger partial charge is 0.247 e. The fourth-order valence-electron chi connectivity index (χ4n) is 2.66. The molecule has 0 radical (unpaired) electrons. The van der Waals surface area contributed by atoms with E-state index in [1.54, 1.807) is 18.5 Å². The average Bonchev–Trinajstić information content (AvgIpc) is 3.04. The molecule has 3 heterocycles. The van der Waals surface area contributed by atoms with E-state index >= 15 is 0 Å². The van der Waals surface area contributed by atoms with Gasteiger partial charge in [-0.05, 0) is 36.2 Å². The number of benzene rings is 1. The Morgan fingerprint density at radius 3 is 2.91 bits per heavy atom. The van der Waals surface area contributed by atoms with Gasteiger partial charge in [0.25, 0.3) is 0 Å². The molecule has 0 bridgehead atoms. The third-order valence-corrected chi connectivity index (χ3v) is 3.87. The normalized spacial score (nSPS) is 14.7. The van der Waals surface area contributed by atoms with Crippen LogP contribution in [0.4, 0.5) is 4.39 Å². The standard InChI is InChI=1S/C16H14FN5O/c17-13-3-1-11(2-4-13)16-21-20-15(23-16)9-22-6-5-12-7-18-10-19-14(12)8-22/h1-4,7,10H,5-6,8-9H2. The maximum absolute atomic E-state index is 13.0. The summed E-state index contributed by atoms with van der Waals surface area (Å²) in [6.45, 7) is 2.21. The lowest BCUT2D eigenvalue weighted by Gasteiger charge is -2.25. The number of halogens is 1. The summed E-state index contributed by atoms with van der Waals surface area (Å²) in [4.78, 5) is 10.6. The van der Waals surface area contributed by atoms with Gasteiger partial charge < -0.3 is 4.42 Å². The van der Waals surface area contributed by atoms with Gasteiger partial charge in [-0.15, -0.1) is 10.2 Å². The Labute approximate surface area is 132 Å². The molecule has 1 aliphatic heterocycles. The van der Waals surface area contributed by atoms with Crippen LogP contribution in [0.3, 0.4) is 0 Å². The Kier molecular flexibility index (Phi) is 3.55. The molecule has 7 heteroatoms. The molecule has 2 aromatic heterocycles. The molecular weight excluding hydrogens is 297 g/mol. The van der Waals surface area contributed by atoms with E-state index in [1.165, 1.54) is 17.7 Å². The van der Waals surface area contributed by atoms with Crippen LogP contribution in [0.5, 0.6) is 0 Å². The fraction of sp³-hybridized carbons (Fsp3) is 0.250. The molecule has 0 aliphatic carbocycles. The summed E-state index contributed by atoms with van der Waals surface area (Å²) in [6, 6.07) is 6.00. The highest BCUT2D eigenvalue weighted by molar-refractivity contribution is 5.51. The van der Waals surface area contributed by atoms with Crippen LogP contribution in [-0.2, 0) is 19.5 Å². The summed E-state index contributed by atoms with van der Waals surface area (Å²) < 4.78 is 18.6. The molecule has 0 saturated heterocycles. The minimum Gasteiger partial charge on any atom is -0.419 e. The van der Waals surface area contributed by atoms with Crippen molar-refractivity contribution in [3.05, 3.63) is 59.8 Å². The van der Waals surface area contributed by atoms with Gasteiger partial charge in [-0.1, -0.05) is 0 Å². The minimum absolute atomic E-state index is 0.289. The maximum atomic E-state index is 13.0. The Morgan fingerprint density at radius 2 is 2.04 bits per heavy atom. The quantitative estimate of drug-likeness (QED) is 0.739. The predicted molar refractivity (Wildman–Crippen MR) is 79.5 cm³/mol. The summed E-state index contributed by atoms with van der Waals surface area (Å²) in [5.74, 6) is 0.657. The summed E-state index contributed by atoms with van der Waals surface area (Å²) in [6.07, 6.45) is 4.36. The van der Waals surface area contributed by atoms with Crippen molar-refractivity contribution in [2.24, 2.45) is 0 Å². The molecule has 0 unspecified atom stereocenters. The number of rotatable bonds is 3. The first kappa shape index (κ1) is 14.0. The first-order valence-corrected chi connectivity index (χ1v) is 7.36. The van der Waals surface area contributed by atoms with E-state index in [-0.39, 0.29) is 5.82 Å². The molecule has 4 rings (SSSR count). The molecule has 0 atom stereocenters. The van der Waals surface area contributed by atoms with Crippen LogP contribution in [0.15, 0.2) is 41.2 Å². The lowest BCUT2D eigenvalue weighted by atomic mass is 10.1. The monoisotopic (exact) mass is 311 g/mol. The number of aromatic nitrogens is 4. The SMILES string of the molecule is Fc1ccc(-c2nnc(CN3CCc4cncnc4C3)o2)cc1. The van der Waals surface area contributed by atoms with E-state index in [2.05, 4.69) is 25.1 Å². The van der Waals surface area contributed by atoms with E-state index in [9.17, 15) is 4.39 Å². The van der Waals surface area contributed by atoms with Crippen molar-refractivity contribution in [1.29, 1.82) is 0 Å². The van der Waals surface area contributed by atoms with E-state index in [1.807, 2.05) is 6.20 Å². The van der Waals surface area contributed by atoms with Crippen molar-refractivity contribution in [3.63, 3.8) is 0 Å². The second-order valence-electron chi connectivity index (χ2n) is 5.46. The fourth-order valence-corrected chi connectivity index (χ4v) is 2.66. The van der Waals surface area contributed by atoms with Gasteiger partial charge in [0.2, 0.25) is 11.8 Å². The van der Waals surface area contributed by atoms with Crippen LogP contribution in [0.1, 0.15) is 17.1 Å². The highest BCUT2D eigenvalue weighted by Gasteiger charge is 2.19. The zero-order chi connectivity index (χ0) is 15.6. The second kappa shape index (κ2) is 5.85. The summed E-state index contributed by atoms with van der Waals surface area (Å²) in [7, 11) is 0. The van der Waals surface area contributed by atoms with Gasteiger partial charge in [0, 0.05) is 24.8 Å². The third kappa shape index (κ3) is 2.95. The van der Waals surface area contributed by atoms with Crippen molar-refractivity contribution in [1.82, 2.24) is 25.1 Å². The van der Waals surface area contributed by atoms with E-state index < -0.39 is 0 Å². The van der Waals surface area contributed by atoms with Crippen molar-refractivity contribution in [3.8, 4) is 11.5 Å². The number of hydrogen-bond acceptors (Lipinski definition) is 6. The molecule has 1 aromatic carbocycles. The lowest BCUT2D eigenvalue weighted by Crippen LogP contribution is -2.31. The predicted octanol–water partition coefficient (Wildman–Crippen LogP) is 2.22. The van der Waals surface area contributed by atoms with Crippen molar-refractivity contribution < 1.29 is 8.81 Å². The number of fused-ring (bicyclic) bond motifs is 1. The van der Waals surface area contributed by atoms with E-state index in [0.717, 1.165) is 25.2 Å². The Bertz CT molecular complexity index is 817. The van der Waals surface area contributed by atoms with Crippen LogP contribution in [-0.4, -0.2) is 31.6 Å². The van der Waals surface area contributed by atoms with Crippen molar-refractivity contribution >= 4 is 0 Å². The lowest BCUT2D eigenvalue weighted by molar-refractivity contribution is 0.218. The van der Waals surface area contributed by atoms with Crippen LogP contribution >= 0.6 is 0 Å². The largest absolute Gasteiger partial charge is 0.419 e. The Balaban J connectivity index is 1.47. The molecule has 0 saturated carbocycles. The third-order valence-electron chi connectivity index (χ3n) is 3.87. The molecule has 0 spiro atoms. The molecule has 0 amide bonds.